The van der Waals surface area contributed by atoms with Crippen LogP contribution in [0.25, 0.3) is 0 Å². The predicted octanol–water partition coefficient (Wildman–Crippen LogP) is -0.709. The van der Waals surface area contributed by atoms with Gasteiger partial charge < -0.3 is 15.3 Å². The number of nitrogens with zero attached hydrogens (tertiary/aromatic N) is 1. The molecule has 0 unspecified atom stereocenters. The molecular formula is C9H16N2O5S. The van der Waals surface area contributed by atoms with Gasteiger partial charge >= 0.3 is 12.0 Å². The average molecular weight is 264 g/mol. The van der Waals surface area contributed by atoms with Crippen LogP contribution in [-0.4, -0.2) is 61.6 Å². The summed E-state index contributed by atoms with van der Waals surface area (Å²) in [5.41, 5.74) is 0. The van der Waals surface area contributed by atoms with Crippen LogP contribution in [0.4, 0.5) is 4.79 Å². The highest BCUT2D eigenvalue weighted by atomic mass is 32.2. The van der Waals surface area contributed by atoms with Crippen molar-refractivity contribution in [3.8, 4) is 0 Å². The van der Waals surface area contributed by atoms with Gasteiger partial charge in [-0.1, -0.05) is 0 Å². The third-order valence-corrected chi connectivity index (χ3v) is 4.17. The van der Waals surface area contributed by atoms with Gasteiger partial charge in [0.1, 0.15) is 0 Å². The minimum Gasteiger partial charge on any atom is -0.481 e. The van der Waals surface area contributed by atoms with Crippen molar-refractivity contribution < 1.29 is 23.1 Å². The normalized spacial score (nSPS) is 19.4. The van der Waals surface area contributed by atoms with Crippen LogP contribution in [0.15, 0.2) is 0 Å². The number of hydrogen-bond donors (Lipinski definition) is 2. The summed E-state index contributed by atoms with van der Waals surface area (Å²) in [7, 11) is -3.04. The molecule has 1 fully saturated rings. The Balaban J connectivity index is 2.39. The first-order chi connectivity index (χ1) is 7.91. The molecule has 0 aromatic rings. The number of carboxylic acid groups (broad SMARTS) is 1. The fourth-order valence-corrected chi connectivity index (χ4v) is 2.80. The van der Waals surface area contributed by atoms with Crippen LogP contribution in [-0.2, 0) is 14.6 Å². The van der Waals surface area contributed by atoms with Crippen molar-refractivity contribution in [1.82, 2.24) is 10.2 Å². The lowest BCUT2D eigenvalue weighted by molar-refractivity contribution is -0.136. The summed E-state index contributed by atoms with van der Waals surface area (Å²) in [5.74, 6) is -0.908. The molecule has 1 aliphatic rings. The number of nitrogens with one attached hydrogen (secondary N) is 1. The Labute approximate surface area is 99.7 Å². The number of rotatable bonds is 3. The molecule has 1 heterocycles. The molecule has 2 N–H and O–H groups in total. The van der Waals surface area contributed by atoms with Crippen LogP contribution in [0.2, 0.25) is 0 Å². The van der Waals surface area contributed by atoms with Crippen molar-refractivity contribution in [2.45, 2.75) is 12.8 Å². The Kier molecular flexibility index (Phi) is 4.73. The maximum atomic E-state index is 11.6. The number of amides is 2. The van der Waals surface area contributed by atoms with Crippen molar-refractivity contribution in [2.75, 3.05) is 31.1 Å². The molecule has 98 valence electrons. The Bertz CT molecular complexity index is 392. The standard InChI is InChI=1S/C9H16N2O5S/c12-8(13)2-3-10-9(14)11-4-1-6-17(15,16)7-5-11/h1-7H2,(H,10,14)(H,12,13). The lowest BCUT2D eigenvalue weighted by Gasteiger charge is -2.19. The third kappa shape index (κ3) is 5.03. The van der Waals surface area contributed by atoms with Gasteiger partial charge in [-0.3, -0.25) is 4.79 Å². The molecule has 0 bridgehead atoms. The van der Waals surface area contributed by atoms with Crippen molar-refractivity contribution in [2.24, 2.45) is 0 Å². The summed E-state index contributed by atoms with van der Waals surface area (Å²) in [5, 5.41) is 10.9. The maximum Gasteiger partial charge on any atom is 0.317 e. The molecule has 0 aromatic heterocycles. The van der Waals surface area contributed by atoms with E-state index in [-0.39, 0.29) is 31.0 Å². The molecule has 0 saturated carbocycles. The molecule has 8 heteroatoms. The van der Waals surface area contributed by atoms with Crippen LogP contribution in [0, 0.1) is 0 Å². The van der Waals surface area contributed by atoms with Gasteiger partial charge in [-0.15, -0.1) is 0 Å². The average Bonchev–Trinajstić information content (AvgIpc) is 2.38. The van der Waals surface area contributed by atoms with Crippen LogP contribution < -0.4 is 5.32 Å². The highest BCUT2D eigenvalue weighted by Crippen LogP contribution is 2.04. The van der Waals surface area contributed by atoms with E-state index in [0.717, 1.165) is 0 Å². The lowest BCUT2D eigenvalue weighted by atomic mass is 10.4. The summed E-state index contributed by atoms with van der Waals surface area (Å²) in [4.78, 5) is 23.2. The third-order valence-electron chi connectivity index (χ3n) is 2.46. The highest BCUT2D eigenvalue weighted by molar-refractivity contribution is 7.91. The van der Waals surface area contributed by atoms with Gasteiger partial charge in [-0.2, -0.15) is 0 Å². The maximum absolute atomic E-state index is 11.6. The van der Waals surface area contributed by atoms with E-state index in [2.05, 4.69) is 5.32 Å². The van der Waals surface area contributed by atoms with Crippen molar-refractivity contribution in [1.29, 1.82) is 0 Å². The van der Waals surface area contributed by atoms with E-state index < -0.39 is 21.8 Å². The van der Waals surface area contributed by atoms with E-state index in [1.165, 1.54) is 4.90 Å². The van der Waals surface area contributed by atoms with Crippen LogP contribution in [0.1, 0.15) is 12.8 Å². The Morgan fingerprint density at radius 3 is 2.59 bits per heavy atom. The number of hydrogen-bond acceptors (Lipinski definition) is 4. The van der Waals surface area contributed by atoms with Crippen LogP contribution >= 0.6 is 0 Å². The second kappa shape index (κ2) is 5.85. The molecule has 17 heavy (non-hydrogen) atoms. The summed E-state index contributed by atoms with van der Waals surface area (Å²) >= 11 is 0. The topological polar surface area (TPSA) is 104 Å². The van der Waals surface area contributed by atoms with Crippen molar-refractivity contribution in [3.63, 3.8) is 0 Å². The smallest absolute Gasteiger partial charge is 0.317 e. The summed E-state index contributed by atoms with van der Waals surface area (Å²) in [6, 6.07) is -0.400. The first kappa shape index (κ1) is 13.8. The first-order valence-corrected chi connectivity index (χ1v) is 7.18. The molecule has 7 nitrogen and oxygen atoms in total. The number of urea groups is 1. The molecule has 1 saturated heterocycles. The number of carboxylic acids is 1. The second-order valence-corrected chi connectivity index (χ2v) is 6.17. The SMILES string of the molecule is O=C(O)CCNC(=O)N1CCCS(=O)(=O)CC1. The minimum absolute atomic E-state index is 0.0284. The first-order valence-electron chi connectivity index (χ1n) is 5.36. The summed E-state index contributed by atoms with van der Waals surface area (Å²) < 4.78 is 22.6. The van der Waals surface area contributed by atoms with Gasteiger partial charge in [0, 0.05) is 19.6 Å². The fourth-order valence-electron chi connectivity index (χ4n) is 1.53. The van der Waals surface area contributed by atoms with E-state index in [9.17, 15) is 18.0 Å². The fraction of sp³-hybridized carbons (Fsp3) is 0.778. The lowest BCUT2D eigenvalue weighted by Crippen LogP contribution is -2.42. The second-order valence-electron chi connectivity index (χ2n) is 3.87. The number of carbonyl (C=O) groups is 2. The Morgan fingerprint density at radius 2 is 1.94 bits per heavy atom. The number of aliphatic carboxylic acids is 1. The monoisotopic (exact) mass is 264 g/mol. The molecular weight excluding hydrogens is 248 g/mol. The molecule has 2 amide bonds. The molecule has 1 aliphatic heterocycles. The Hall–Kier alpha value is -1.31. The number of carbonyl (C=O) groups excluding carboxylic acids is 1. The highest BCUT2D eigenvalue weighted by Gasteiger charge is 2.22. The van der Waals surface area contributed by atoms with E-state index in [4.69, 9.17) is 5.11 Å². The molecule has 0 radical (unpaired) electrons. The van der Waals surface area contributed by atoms with Crippen molar-refractivity contribution >= 4 is 21.8 Å². The zero-order chi connectivity index (χ0) is 12.9. The summed E-state index contributed by atoms with van der Waals surface area (Å²) in [6.45, 7) is 0.608. The van der Waals surface area contributed by atoms with Gasteiger partial charge in [-0.25, -0.2) is 13.2 Å². The zero-order valence-corrected chi connectivity index (χ0v) is 10.2. The van der Waals surface area contributed by atoms with E-state index in [0.29, 0.717) is 13.0 Å². The predicted molar refractivity (Wildman–Crippen MR) is 60.5 cm³/mol. The van der Waals surface area contributed by atoms with E-state index >= 15 is 0 Å². The molecule has 0 aromatic carbocycles. The van der Waals surface area contributed by atoms with Gasteiger partial charge in [0.25, 0.3) is 0 Å². The van der Waals surface area contributed by atoms with Crippen LogP contribution in [0.5, 0.6) is 0 Å². The molecule has 0 atom stereocenters. The van der Waals surface area contributed by atoms with Crippen LogP contribution in [0.3, 0.4) is 0 Å². The van der Waals surface area contributed by atoms with Crippen molar-refractivity contribution in [3.05, 3.63) is 0 Å². The number of sulfone groups is 1. The van der Waals surface area contributed by atoms with Gasteiger partial charge in [-0.05, 0) is 6.42 Å². The van der Waals surface area contributed by atoms with E-state index in [1.54, 1.807) is 0 Å². The minimum atomic E-state index is -3.04. The molecule has 0 spiro atoms. The van der Waals surface area contributed by atoms with Gasteiger partial charge in [0.2, 0.25) is 0 Å². The summed E-state index contributed by atoms with van der Waals surface area (Å²) in [6.07, 6.45) is 0.284. The van der Waals surface area contributed by atoms with Gasteiger partial charge in [0.05, 0.1) is 17.9 Å². The van der Waals surface area contributed by atoms with Gasteiger partial charge in [0.15, 0.2) is 9.84 Å². The molecule has 1 rings (SSSR count). The Morgan fingerprint density at radius 1 is 1.24 bits per heavy atom. The largest absolute Gasteiger partial charge is 0.481 e. The van der Waals surface area contributed by atoms with E-state index in [1.807, 2.05) is 0 Å². The zero-order valence-electron chi connectivity index (χ0n) is 9.39. The quantitative estimate of drug-likeness (QED) is 0.701. The molecule has 0 aliphatic carbocycles.